The summed E-state index contributed by atoms with van der Waals surface area (Å²) < 4.78 is 19.4. The van der Waals surface area contributed by atoms with Crippen LogP contribution >= 0.6 is 28.1 Å². The number of halogens is 2. The smallest absolute Gasteiger partial charge is 0.142 e. The first-order chi connectivity index (χ1) is 9.51. The van der Waals surface area contributed by atoms with Gasteiger partial charge < -0.3 is 15.8 Å². The van der Waals surface area contributed by atoms with E-state index < -0.39 is 0 Å². The Morgan fingerprint density at radius 1 is 1.25 bits per heavy atom. The van der Waals surface area contributed by atoms with Crippen molar-refractivity contribution in [2.24, 2.45) is 5.73 Å². The third-order valence-corrected chi connectivity index (χ3v) is 3.39. The van der Waals surface area contributed by atoms with Crippen molar-refractivity contribution in [3.63, 3.8) is 0 Å². The highest BCUT2D eigenvalue weighted by molar-refractivity contribution is 9.10. The summed E-state index contributed by atoms with van der Waals surface area (Å²) in [6.45, 7) is 0. The lowest BCUT2D eigenvalue weighted by Gasteiger charge is -2.14. The van der Waals surface area contributed by atoms with Crippen molar-refractivity contribution >= 4 is 44.5 Å². The Balaban J connectivity index is 2.44. The summed E-state index contributed by atoms with van der Waals surface area (Å²) in [5, 5.41) is 3.15. The van der Waals surface area contributed by atoms with E-state index in [1.165, 1.54) is 12.1 Å². The van der Waals surface area contributed by atoms with Crippen LogP contribution in [0.5, 0.6) is 5.75 Å². The Kier molecular flexibility index (Phi) is 4.57. The van der Waals surface area contributed by atoms with Crippen LogP contribution in [0.1, 0.15) is 5.56 Å². The molecule has 3 N–H and O–H groups in total. The molecule has 0 amide bonds. The number of methoxy groups -OCH3 is 1. The Bertz CT molecular complexity index is 664. The molecular weight excluding hydrogens is 343 g/mol. The molecule has 0 spiro atoms. The van der Waals surface area contributed by atoms with Crippen molar-refractivity contribution in [3.8, 4) is 5.75 Å². The number of hydrogen-bond acceptors (Lipinski definition) is 3. The number of ether oxygens (including phenoxy) is 1. The van der Waals surface area contributed by atoms with Gasteiger partial charge in [0.15, 0.2) is 0 Å². The zero-order valence-corrected chi connectivity index (χ0v) is 13.0. The first-order valence-corrected chi connectivity index (χ1v) is 6.91. The molecule has 0 aliphatic carbocycles. The van der Waals surface area contributed by atoms with Gasteiger partial charge in [0, 0.05) is 15.7 Å². The van der Waals surface area contributed by atoms with Gasteiger partial charge in [-0.05, 0) is 36.4 Å². The van der Waals surface area contributed by atoms with Gasteiger partial charge in [0.1, 0.15) is 16.6 Å². The fourth-order valence-electron chi connectivity index (χ4n) is 1.75. The summed E-state index contributed by atoms with van der Waals surface area (Å²) in [5.74, 6) is 0.269. The molecule has 0 aromatic heterocycles. The second kappa shape index (κ2) is 6.19. The molecule has 2 aromatic rings. The van der Waals surface area contributed by atoms with Crippen molar-refractivity contribution in [1.29, 1.82) is 0 Å². The Morgan fingerprint density at radius 3 is 2.65 bits per heavy atom. The normalized spacial score (nSPS) is 10.2. The molecule has 0 unspecified atom stereocenters. The van der Waals surface area contributed by atoms with Crippen LogP contribution in [0.15, 0.2) is 40.9 Å². The minimum Gasteiger partial charge on any atom is -0.495 e. The van der Waals surface area contributed by atoms with Crippen molar-refractivity contribution in [2.45, 2.75) is 0 Å². The second-order valence-electron chi connectivity index (χ2n) is 4.02. The van der Waals surface area contributed by atoms with Crippen LogP contribution in [0.25, 0.3) is 0 Å². The summed E-state index contributed by atoms with van der Waals surface area (Å²) in [5.41, 5.74) is 7.42. The van der Waals surface area contributed by atoms with Crippen LogP contribution in [-0.4, -0.2) is 12.1 Å². The van der Waals surface area contributed by atoms with Crippen LogP contribution in [0.2, 0.25) is 0 Å². The Morgan fingerprint density at radius 2 is 2.00 bits per heavy atom. The van der Waals surface area contributed by atoms with Crippen LogP contribution in [-0.2, 0) is 0 Å². The quantitative estimate of drug-likeness (QED) is 0.815. The van der Waals surface area contributed by atoms with E-state index in [1.54, 1.807) is 13.2 Å². The molecule has 0 saturated carbocycles. The maximum Gasteiger partial charge on any atom is 0.142 e. The zero-order valence-electron chi connectivity index (χ0n) is 10.6. The van der Waals surface area contributed by atoms with E-state index in [2.05, 4.69) is 21.2 Å². The minimum atomic E-state index is -0.389. The molecule has 0 bridgehead atoms. The molecule has 0 aliphatic heterocycles. The highest BCUT2D eigenvalue weighted by atomic mass is 79.9. The standard InChI is InChI=1S/C14H12BrFN2OS/c1-19-13-5-2-8(15)6-12(13)18-11-4-3-9(16)7-10(11)14(17)20/h2-7,18H,1H3,(H2,17,20). The number of nitrogens with two attached hydrogens (primary N) is 1. The summed E-state index contributed by atoms with van der Waals surface area (Å²) >= 11 is 8.33. The van der Waals surface area contributed by atoms with Gasteiger partial charge in [-0.1, -0.05) is 28.1 Å². The van der Waals surface area contributed by atoms with Gasteiger partial charge in [-0.3, -0.25) is 0 Å². The maximum atomic E-state index is 13.3. The van der Waals surface area contributed by atoms with E-state index in [9.17, 15) is 4.39 Å². The predicted molar refractivity (Wildman–Crippen MR) is 86.3 cm³/mol. The number of hydrogen-bond donors (Lipinski definition) is 2. The topological polar surface area (TPSA) is 47.3 Å². The van der Waals surface area contributed by atoms with Crippen molar-refractivity contribution in [2.75, 3.05) is 12.4 Å². The average Bonchev–Trinajstić information content (AvgIpc) is 2.41. The minimum absolute atomic E-state index is 0.126. The second-order valence-corrected chi connectivity index (χ2v) is 5.38. The SMILES string of the molecule is COc1ccc(Br)cc1Nc1ccc(F)cc1C(N)=S. The molecule has 0 saturated heterocycles. The molecule has 0 atom stereocenters. The van der Waals surface area contributed by atoms with E-state index in [0.29, 0.717) is 17.0 Å². The number of thiocarbonyl (C=S) groups is 1. The van der Waals surface area contributed by atoms with Crippen molar-refractivity contribution in [3.05, 3.63) is 52.3 Å². The van der Waals surface area contributed by atoms with E-state index in [0.717, 1.165) is 10.2 Å². The summed E-state index contributed by atoms with van der Waals surface area (Å²) in [6.07, 6.45) is 0. The summed E-state index contributed by atoms with van der Waals surface area (Å²) in [4.78, 5) is 0.126. The number of nitrogens with one attached hydrogen (secondary N) is 1. The van der Waals surface area contributed by atoms with E-state index in [4.69, 9.17) is 22.7 Å². The third kappa shape index (κ3) is 3.26. The predicted octanol–water partition coefficient (Wildman–Crippen LogP) is 3.97. The maximum absolute atomic E-state index is 13.3. The van der Waals surface area contributed by atoms with Gasteiger partial charge >= 0.3 is 0 Å². The lowest BCUT2D eigenvalue weighted by Crippen LogP contribution is -2.12. The van der Waals surface area contributed by atoms with Crippen molar-refractivity contribution in [1.82, 2.24) is 0 Å². The first-order valence-electron chi connectivity index (χ1n) is 5.71. The van der Waals surface area contributed by atoms with Gasteiger partial charge in [0.2, 0.25) is 0 Å². The largest absolute Gasteiger partial charge is 0.495 e. The molecule has 0 fully saturated rings. The van der Waals surface area contributed by atoms with Gasteiger partial charge in [-0.2, -0.15) is 0 Å². The molecule has 2 aromatic carbocycles. The zero-order chi connectivity index (χ0) is 14.7. The summed E-state index contributed by atoms with van der Waals surface area (Å²) in [6, 6.07) is 9.76. The molecular formula is C14H12BrFN2OS. The lowest BCUT2D eigenvalue weighted by molar-refractivity contribution is 0.417. The third-order valence-electron chi connectivity index (χ3n) is 2.68. The molecule has 3 nitrogen and oxygen atoms in total. The molecule has 0 aliphatic rings. The molecule has 6 heteroatoms. The monoisotopic (exact) mass is 354 g/mol. The molecule has 0 heterocycles. The molecule has 2 rings (SSSR count). The van der Waals surface area contributed by atoms with Crippen LogP contribution in [0, 0.1) is 5.82 Å². The van der Waals surface area contributed by atoms with Gasteiger partial charge in [-0.15, -0.1) is 0 Å². The van der Waals surface area contributed by atoms with Crippen LogP contribution < -0.4 is 15.8 Å². The van der Waals surface area contributed by atoms with Crippen molar-refractivity contribution < 1.29 is 9.13 Å². The fourth-order valence-corrected chi connectivity index (χ4v) is 2.28. The van der Waals surface area contributed by atoms with Gasteiger partial charge in [0.25, 0.3) is 0 Å². The number of rotatable bonds is 4. The van der Waals surface area contributed by atoms with E-state index >= 15 is 0 Å². The molecule has 0 radical (unpaired) electrons. The highest BCUT2D eigenvalue weighted by Crippen LogP contribution is 2.32. The Labute approximate surface area is 130 Å². The van der Waals surface area contributed by atoms with E-state index in [1.807, 2.05) is 18.2 Å². The fraction of sp³-hybridized carbons (Fsp3) is 0.0714. The van der Waals surface area contributed by atoms with Crippen LogP contribution in [0.4, 0.5) is 15.8 Å². The number of anilines is 2. The summed E-state index contributed by atoms with van der Waals surface area (Å²) in [7, 11) is 1.58. The lowest BCUT2D eigenvalue weighted by atomic mass is 10.1. The Hall–Kier alpha value is -1.66. The van der Waals surface area contributed by atoms with Crippen LogP contribution in [0.3, 0.4) is 0 Å². The molecule has 20 heavy (non-hydrogen) atoms. The number of benzene rings is 2. The average molecular weight is 355 g/mol. The first kappa shape index (κ1) is 14.7. The van der Waals surface area contributed by atoms with E-state index in [-0.39, 0.29) is 10.8 Å². The molecule has 104 valence electrons. The van der Waals surface area contributed by atoms with Gasteiger partial charge in [-0.25, -0.2) is 4.39 Å². The highest BCUT2D eigenvalue weighted by Gasteiger charge is 2.10. The van der Waals surface area contributed by atoms with Gasteiger partial charge in [0.05, 0.1) is 12.8 Å².